The van der Waals surface area contributed by atoms with Gasteiger partial charge in [0.15, 0.2) is 5.76 Å². The van der Waals surface area contributed by atoms with Gasteiger partial charge in [0.25, 0.3) is 18.8 Å². The summed E-state index contributed by atoms with van der Waals surface area (Å²) in [4.78, 5) is 12.6. The molecule has 0 unspecified atom stereocenters. The molecule has 0 aliphatic carbocycles. The van der Waals surface area contributed by atoms with Crippen LogP contribution in [-0.4, -0.2) is 25.5 Å². The van der Waals surface area contributed by atoms with Crippen molar-refractivity contribution in [3.63, 3.8) is 0 Å². The summed E-state index contributed by atoms with van der Waals surface area (Å²) in [6.45, 7) is 3.63. The van der Waals surface area contributed by atoms with Gasteiger partial charge in [0.2, 0.25) is 0 Å². The second kappa shape index (κ2) is 9.54. The van der Waals surface area contributed by atoms with Gasteiger partial charge in [0.1, 0.15) is 17.1 Å². The number of furan rings is 1. The van der Waals surface area contributed by atoms with Gasteiger partial charge in [-0.15, -0.1) is 0 Å². The Kier molecular flexibility index (Phi) is 6.53. The summed E-state index contributed by atoms with van der Waals surface area (Å²) in [7, 11) is 0. The highest BCUT2D eigenvalue weighted by Crippen LogP contribution is 2.26. The minimum atomic E-state index is -2.99. The average molecular weight is 475 g/mol. The Bertz CT molecular complexity index is 1290. The molecule has 0 fully saturated rings. The predicted molar refractivity (Wildman–Crippen MR) is 114 cm³/mol. The normalized spacial score (nSPS) is 11.5. The number of alkyl halides is 4. The van der Waals surface area contributed by atoms with E-state index in [2.05, 4.69) is 15.5 Å². The molecule has 7 nitrogen and oxygen atoms in total. The van der Waals surface area contributed by atoms with E-state index in [1.807, 2.05) is 44.2 Å². The summed E-state index contributed by atoms with van der Waals surface area (Å²) in [6.07, 6.45) is -5.96. The first-order valence-electron chi connectivity index (χ1n) is 10.4. The molecule has 178 valence electrons. The number of nitrogens with one attached hydrogen (secondary N) is 1. The first kappa shape index (κ1) is 23.3. The SMILES string of the molecule is Cc1nn(-c2ccccc2)c(C)c1CNC(=O)c1ccc(Cn2nc(C(F)F)cc2C(F)F)o1. The van der Waals surface area contributed by atoms with Crippen molar-refractivity contribution in [3.8, 4) is 5.69 Å². The minimum absolute atomic E-state index is 0.0411. The topological polar surface area (TPSA) is 77.9 Å². The fourth-order valence-electron chi connectivity index (χ4n) is 3.60. The van der Waals surface area contributed by atoms with Crippen LogP contribution >= 0.6 is 0 Å². The van der Waals surface area contributed by atoms with Gasteiger partial charge in [-0.25, -0.2) is 22.2 Å². The van der Waals surface area contributed by atoms with E-state index >= 15 is 0 Å². The van der Waals surface area contributed by atoms with E-state index in [0.717, 1.165) is 27.3 Å². The van der Waals surface area contributed by atoms with Gasteiger partial charge in [-0.3, -0.25) is 9.48 Å². The van der Waals surface area contributed by atoms with Gasteiger partial charge >= 0.3 is 0 Å². The standard InChI is InChI=1S/C23H21F4N5O2/c1-13-17(14(2)32(29-13)15-6-4-3-5-7-15)11-28-23(33)20-9-8-16(34-20)12-31-19(22(26)27)10-18(30-31)21(24)25/h3-10,21-22H,11-12H2,1-2H3,(H,28,33). The fraction of sp³-hybridized carbons (Fsp3) is 0.261. The molecule has 0 aliphatic heterocycles. The molecule has 0 saturated heterocycles. The van der Waals surface area contributed by atoms with Crippen LogP contribution in [0, 0.1) is 13.8 Å². The number of hydrogen-bond acceptors (Lipinski definition) is 4. The highest BCUT2D eigenvalue weighted by molar-refractivity contribution is 5.91. The number of halogens is 4. The molecule has 4 aromatic rings. The maximum absolute atomic E-state index is 13.2. The first-order chi connectivity index (χ1) is 16.2. The molecule has 1 aromatic carbocycles. The molecule has 0 atom stereocenters. The van der Waals surface area contributed by atoms with E-state index in [-0.39, 0.29) is 24.6 Å². The molecule has 34 heavy (non-hydrogen) atoms. The maximum Gasteiger partial charge on any atom is 0.287 e. The third kappa shape index (κ3) is 4.73. The lowest BCUT2D eigenvalue weighted by atomic mass is 10.2. The summed E-state index contributed by atoms with van der Waals surface area (Å²) in [5.74, 6) is -0.429. The van der Waals surface area contributed by atoms with E-state index in [0.29, 0.717) is 6.07 Å². The van der Waals surface area contributed by atoms with Gasteiger partial charge in [0, 0.05) is 17.8 Å². The van der Waals surface area contributed by atoms with Crippen LogP contribution in [0.1, 0.15) is 57.5 Å². The zero-order chi connectivity index (χ0) is 24.4. The summed E-state index contributed by atoms with van der Waals surface area (Å²) >= 11 is 0. The predicted octanol–water partition coefficient (Wildman–Crippen LogP) is 5.13. The number of benzene rings is 1. The lowest BCUT2D eigenvalue weighted by Gasteiger charge is -2.07. The molecule has 0 saturated carbocycles. The highest BCUT2D eigenvalue weighted by atomic mass is 19.3. The average Bonchev–Trinajstić information content (AvgIpc) is 3.51. The zero-order valence-corrected chi connectivity index (χ0v) is 18.3. The van der Waals surface area contributed by atoms with Crippen molar-refractivity contribution in [1.29, 1.82) is 0 Å². The number of amides is 1. The van der Waals surface area contributed by atoms with Gasteiger partial charge in [-0.1, -0.05) is 18.2 Å². The van der Waals surface area contributed by atoms with E-state index in [9.17, 15) is 22.4 Å². The van der Waals surface area contributed by atoms with Crippen molar-refractivity contribution in [1.82, 2.24) is 24.9 Å². The smallest absolute Gasteiger partial charge is 0.287 e. The number of aromatic nitrogens is 4. The third-order valence-corrected chi connectivity index (χ3v) is 5.34. The van der Waals surface area contributed by atoms with E-state index in [1.165, 1.54) is 12.1 Å². The molecule has 0 radical (unpaired) electrons. The molecule has 1 amide bonds. The van der Waals surface area contributed by atoms with Crippen LogP contribution in [0.4, 0.5) is 17.6 Å². The third-order valence-electron chi connectivity index (χ3n) is 5.34. The van der Waals surface area contributed by atoms with Crippen molar-refractivity contribution in [2.24, 2.45) is 0 Å². The molecular formula is C23H21F4N5O2. The number of para-hydroxylation sites is 1. The molecule has 3 heterocycles. The molecule has 3 aromatic heterocycles. The zero-order valence-electron chi connectivity index (χ0n) is 18.3. The van der Waals surface area contributed by atoms with Crippen LogP contribution in [0.5, 0.6) is 0 Å². The monoisotopic (exact) mass is 475 g/mol. The molecular weight excluding hydrogens is 454 g/mol. The Labute approximate surface area is 192 Å². The lowest BCUT2D eigenvalue weighted by Crippen LogP contribution is -2.23. The largest absolute Gasteiger partial charge is 0.454 e. The summed E-state index contributed by atoms with van der Waals surface area (Å²) < 4.78 is 60.0. The van der Waals surface area contributed by atoms with Crippen LogP contribution in [-0.2, 0) is 13.1 Å². The van der Waals surface area contributed by atoms with Crippen molar-refractivity contribution < 1.29 is 26.8 Å². The Morgan fingerprint density at radius 3 is 2.44 bits per heavy atom. The quantitative estimate of drug-likeness (QED) is 0.359. The number of aryl methyl sites for hydroxylation is 1. The van der Waals surface area contributed by atoms with Crippen LogP contribution in [0.15, 0.2) is 52.9 Å². The summed E-state index contributed by atoms with van der Waals surface area (Å²) in [6, 6.07) is 13.0. The van der Waals surface area contributed by atoms with Gasteiger partial charge < -0.3 is 9.73 Å². The van der Waals surface area contributed by atoms with Crippen LogP contribution in [0.2, 0.25) is 0 Å². The van der Waals surface area contributed by atoms with Crippen molar-refractivity contribution in [2.75, 3.05) is 0 Å². The molecule has 11 heteroatoms. The lowest BCUT2D eigenvalue weighted by molar-refractivity contribution is 0.0920. The molecule has 0 spiro atoms. The maximum atomic E-state index is 13.2. The Hall–Kier alpha value is -3.89. The fourth-order valence-corrected chi connectivity index (χ4v) is 3.60. The van der Waals surface area contributed by atoms with Gasteiger partial charge in [-0.2, -0.15) is 10.2 Å². The van der Waals surface area contributed by atoms with Crippen LogP contribution in [0.3, 0.4) is 0 Å². The Morgan fingerprint density at radius 2 is 1.76 bits per heavy atom. The van der Waals surface area contributed by atoms with E-state index in [4.69, 9.17) is 4.42 Å². The van der Waals surface area contributed by atoms with Crippen molar-refractivity contribution in [2.45, 2.75) is 39.8 Å². The number of carbonyl (C=O) groups is 1. The Balaban J connectivity index is 1.45. The molecule has 0 bridgehead atoms. The number of rotatable bonds is 8. The summed E-state index contributed by atoms with van der Waals surface area (Å²) in [5, 5.41) is 10.8. The summed E-state index contributed by atoms with van der Waals surface area (Å²) in [5.41, 5.74) is 1.97. The van der Waals surface area contributed by atoms with Crippen molar-refractivity contribution >= 4 is 5.91 Å². The first-order valence-corrected chi connectivity index (χ1v) is 10.4. The van der Waals surface area contributed by atoms with E-state index < -0.39 is 30.1 Å². The number of nitrogens with zero attached hydrogens (tertiary/aromatic N) is 4. The molecule has 0 aliphatic rings. The van der Waals surface area contributed by atoms with E-state index in [1.54, 1.807) is 4.68 Å². The van der Waals surface area contributed by atoms with Crippen molar-refractivity contribution in [3.05, 3.63) is 88.4 Å². The Morgan fingerprint density at radius 1 is 1.03 bits per heavy atom. The van der Waals surface area contributed by atoms with Crippen LogP contribution < -0.4 is 5.32 Å². The molecule has 4 rings (SSSR count). The highest BCUT2D eigenvalue weighted by Gasteiger charge is 2.22. The second-order valence-corrected chi connectivity index (χ2v) is 7.60. The van der Waals surface area contributed by atoms with Crippen LogP contribution in [0.25, 0.3) is 5.69 Å². The minimum Gasteiger partial charge on any atom is -0.454 e. The van der Waals surface area contributed by atoms with Gasteiger partial charge in [-0.05, 0) is 44.2 Å². The second-order valence-electron chi connectivity index (χ2n) is 7.60. The molecule has 1 N–H and O–H groups in total. The number of carbonyl (C=O) groups excluding carboxylic acids is 1. The number of hydrogen-bond donors (Lipinski definition) is 1. The van der Waals surface area contributed by atoms with Gasteiger partial charge in [0.05, 0.1) is 17.9 Å².